The van der Waals surface area contributed by atoms with E-state index in [0.717, 1.165) is 5.69 Å². The molecule has 0 aromatic heterocycles. The standard InChI is InChI=1S/C19H35NO2Si2/c1-18(2,3)23(7,8)20-16-13-11-15(12-14-16)17(21)22-24(9,10)19(4,5)6/h11-14,20H,1-10H3. The predicted molar refractivity (Wildman–Crippen MR) is 110 cm³/mol. The first kappa shape index (κ1) is 21.0. The molecule has 1 aromatic rings. The van der Waals surface area contributed by atoms with Crippen LogP contribution in [0, 0.1) is 0 Å². The fraction of sp³-hybridized carbons (Fsp3) is 0.632. The SMILES string of the molecule is CC(C)(C)[Si](C)(C)Nc1ccc(C(=O)O[Si](C)(C)C(C)(C)C)cc1. The zero-order chi connectivity index (χ0) is 19.0. The quantitative estimate of drug-likeness (QED) is 0.639. The summed E-state index contributed by atoms with van der Waals surface area (Å²) in [6, 6.07) is 7.71. The molecule has 24 heavy (non-hydrogen) atoms. The van der Waals surface area contributed by atoms with Crippen LogP contribution >= 0.6 is 0 Å². The van der Waals surface area contributed by atoms with Gasteiger partial charge in [-0.1, -0.05) is 54.6 Å². The van der Waals surface area contributed by atoms with E-state index in [9.17, 15) is 4.79 Å². The van der Waals surface area contributed by atoms with Gasteiger partial charge in [0.2, 0.25) is 0 Å². The maximum absolute atomic E-state index is 12.5. The third-order valence-electron chi connectivity index (χ3n) is 5.61. The minimum absolute atomic E-state index is 0.0203. The third kappa shape index (κ3) is 4.96. The van der Waals surface area contributed by atoms with E-state index in [4.69, 9.17) is 4.43 Å². The minimum Gasteiger partial charge on any atom is -0.516 e. The van der Waals surface area contributed by atoms with Gasteiger partial charge in [0.25, 0.3) is 8.32 Å². The fourth-order valence-electron chi connectivity index (χ4n) is 1.68. The summed E-state index contributed by atoms with van der Waals surface area (Å²) in [4.78, 5) is 16.2. The van der Waals surface area contributed by atoms with Crippen LogP contribution in [0.1, 0.15) is 51.9 Å². The largest absolute Gasteiger partial charge is 0.516 e. The van der Waals surface area contributed by atoms with Crippen LogP contribution < -0.4 is 4.98 Å². The predicted octanol–water partition coefficient (Wildman–Crippen LogP) is 6.27. The molecule has 1 N–H and O–H groups in total. The second kappa shape index (κ2) is 6.67. The second-order valence-electron chi connectivity index (χ2n) is 9.73. The van der Waals surface area contributed by atoms with Gasteiger partial charge in [0, 0.05) is 5.69 Å². The monoisotopic (exact) mass is 365 g/mol. The van der Waals surface area contributed by atoms with Crippen molar-refractivity contribution in [3.05, 3.63) is 29.8 Å². The van der Waals surface area contributed by atoms with Crippen molar-refractivity contribution in [3.8, 4) is 0 Å². The maximum atomic E-state index is 12.5. The maximum Gasteiger partial charge on any atom is 0.324 e. The minimum atomic E-state index is -2.09. The highest BCUT2D eigenvalue weighted by Crippen LogP contribution is 2.38. The van der Waals surface area contributed by atoms with E-state index < -0.39 is 16.6 Å². The summed E-state index contributed by atoms with van der Waals surface area (Å²) < 4.78 is 5.87. The van der Waals surface area contributed by atoms with Crippen LogP contribution in [0.25, 0.3) is 0 Å². The molecule has 5 heteroatoms. The molecule has 1 rings (SSSR count). The van der Waals surface area contributed by atoms with Crippen molar-refractivity contribution in [2.45, 2.75) is 77.8 Å². The van der Waals surface area contributed by atoms with Gasteiger partial charge in [0.1, 0.15) is 0 Å². The molecule has 0 atom stereocenters. The second-order valence-corrected chi connectivity index (χ2v) is 19.5. The molecule has 0 fully saturated rings. The molecule has 0 aliphatic heterocycles. The Kier molecular flexibility index (Phi) is 5.83. The van der Waals surface area contributed by atoms with E-state index >= 15 is 0 Å². The van der Waals surface area contributed by atoms with E-state index in [0.29, 0.717) is 5.56 Å². The lowest BCUT2D eigenvalue weighted by Gasteiger charge is -2.38. The van der Waals surface area contributed by atoms with Crippen LogP contribution in [0.3, 0.4) is 0 Å². The Bertz CT molecular complexity index is 579. The summed E-state index contributed by atoms with van der Waals surface area (Å²) in [5, 5.41) is 0.277. The Morgan fingerprint density at radius 3 is 1.71 bits per heavy atom. The third-order valence-corrected chi connectivity index (χ3v) is 14.6. The number of anilines is 1. The number of carbonyl (C=O) groups is 1. The average Bonchev–Trinajstić information content (AvgIpc) is 2.35. The first-order valence-corrected chi connectivity index (χ1v) is 14.6. The first-order chi connectivity index (χ1) is 10.6. The molecule has 0 saturated carbocycles. The van der Waals surface area contributed by atoms with E-state index in [2.05, 4.69) is 72.7 Å². The number of hydrogen-bond acceptors (Lipinski definition) is 3. The molecule has 3 nitrogen and oxygen atoms in total. The van der Waals surface area contributed by atoms with Gasteiger partial charge < -0.3 is 9.41 Å². The Hall–Kier alpha value is -1.08. The molecule has 0 aliphatic rings. The molecule has 0 radical (unpaired) electrons. The summed E-state index contributed by atoms with van der Waals surface area (Å²) in [7, 11) is -3.70. The summed E-state index contributed by atoms with van der Waals surface area (Å²) in [5.74, 6) is -0.208. The highest BCUT2D eigenvalue weighted by molar-refractivity contribution is 6.83. The summed E-state index contributed by atoms with van der Waals surface area (Å²) in [6.07, 6.45) is 0. The van der Waals surface area contributed by atoms with Crippen LogP contribution in [0.2, 0.25) is 36.3 Å². The number of carbonyl (C=O) groups excluding carboxylic acids is 1. The summed E-state index contributed by atoms with van der Waals surface area (Å²) in [6.45, 7) is 22.1. The highest BCUT2D eigenvalue weighted by Gasteiger charge is 2.40. The van der Waals surface area contributed by atoms with E-state index in [1.807, 2.05) is 24.3 Å². The van der Waals surface area contributed by atoms with Gasteiger partial charge in [-0.2, -0.15) is 0 Å². The summed E-state index contributed by atoms with van der Waals surface area (Å²) >= 11 is 0. The van der Waals surface area contributed by atoms with Crippen LogP contribution in [0.4, 0.5) is 5.69 Å². The van der Waals surface area contributed by atoms with E-state index in [1.54, 1.807) is 0 Å². The lowest BCUT2D eigenvalue weighted by atomic mass is 10.2. The Morgan fingerprint density at radius 2 is 1.33 bits per heavy atom. The van der Waals surface area contributed by atoms with Gasteiger partial charge in [-0.3, -0.25) is 0 Å². The molecule has 136 valence electrons. The van der Waals surface area contributed by atoms with Gasteiger partial charge in [-0.25, -0.2) is 4.79 Å². The fourth-order valence-corrected chi connectivity index (χ4v) is 3.83. The van der Waals surface area contributed by atoms with Crippen molar-refractivity contribution >= 4 is 28.2 Å². The Labute approximate surface area is 150 Å². The van der Waals surface area contributed by atoms with Gasteiger partial charge in [0.05, 0.1) is 5.56 Å². The number of benzene rings is 1. The van der Waals surface area contributed by atoms with Crippen LogP contribution in [-0.2, 0) is 4.43 Å². The molecular weight excluding hydrogens is 330 g/mol. The van der Waals surface area contributed by atoms with Crippen molar-refractivity contribution in [1.82, 2.24) is 0 Å². The van der Waals surface area contributed by atoms with Crippen molar-refractivity contribution in [3.63, 3.8) is 0 Å². The average molecular weight is 366 g/mol. The van der Waals surface area contributed by atoms with Gasteiger partial charge in [0.15, 0.2) is 8.24 Å². The lowest BCUT2D eigenvalue weighted by Crippen LogP contribution is -2.45. The van der Waals surface area contributed by atoms with Gasteiger partial charge in [-0.05, 0) is 47.4 Å². The van der Waals surface area contributed by atoms with Crippen LogP contribution in [-0.4, -0.2) is 22.5 Å². The molecule has 0 aliphatic carbocycles. The Morgan fingerprint density at radius 1 is 0.875 bits per heavy atom. The normalized spacial score (nSPS) is 13.6. The zero-order valence-corrected chi connectivity index (χ0v) is 19.1. The zero-order valence-electron chi connectivity index (χ0n) is 17.1. The molecule has 0 heterocycles. The molecular formula is C19H35NO2Si2. The highest BCUT2D eigenvalue weighted by atomic mass is 28.4. The molecule has 1 aromatic carbocycles. The topological polar surface area (TPSA) is 38.3 Å². The number of rotatable bonds is 4. The molecule has 0 bridgehead atoms. The van der Waals surface area contributed by atoms with Gasteiger partial charge >= 0.3 is 5.97 Å². The first-order valence-electron chi connectivity index (χ1n) is 8.68. The molecule has 0 saturated heterocycles. The van der Waals surface area contributed by atoms with Gasteiger partial charge in [-0.15, -0.1) is 0 Å². The van der Waals surface area contributed by atoms with Crippen molar-refractivity contribution in [2.75, 3.05) is 4.98 Å². The number of hydrogen-bond donors (Lipinski definition) is 1. The smallest absolute Gasteiger partial charge is 0.324 e. The van der Waals surface area contributed by atoms with E-state index in [-0.39, 0.29) is 16.0 Å². The molecule has 0 spiro atoms. The Balaban J connectivity index is 2.87. The van der Waals surface area contributed by atoms with Crippen LogP contribution in [0.5, 0.6) is 0 Å². The number of nitrogens with one attached hydrogen (secondary N) is 1. The summed E-state index contributed by atoms with van der Waals surface area (Å²) in [5.41, 5.74) is 1.70. The molecule has 0 amide bonds. The van der Waals surface area contributed by atoms with Crippen LogP contribution in [0.15, 0.2) is 24.3 Å². The van der Waals surface area contributed by atoms with Crippen molar-refractivity contribution in [2.24, 2.45) is 0 Å². The van der Waals surface area contributed by atoms with Crippen molar-refractivity contribution < 1.29 is 9.22 Å². The lowest BCUT2D eigenvalue weighted by molar-refractivity contribution is 0.0712. The molecule has 0 unspecified atom stereocenters. The van der Waals surface area contributed by atoms with E-state index in [1.165, 1.54) is 0 Å². The van der Waals surface area contributed by atoms with Crippen molar-refractivity contribution in [1.29, 1.82) is 0 Å².